The van der Waals surface area contributed by atoms with Crippen LogP contribution in [0.2, 0.25) is 0 Å². The summed E-state index contributed by atoms with van der Waals surface area (Å²) in [6.45, 7) is 0.198. The fourth-order valence-corrected chi connectivity index (χ4v) is 2.17. The number of ether oxygens (including phenoxy) is 1. The molecule has 0 amide bonds. The van der Waals surface area contributed by atoms with Crippen molar-refractivity contribution < 1.29 is 18.6 Å². The zero-order chi connectivity index (χ0) is 12.3. The summed E-state index contributed by atoms with van der Waals surface area (Å²) >= 11 is 0. The van der Waals surface area contributed by atoms with Crippen LogP contribution in [-0.4, -0.2) is 17.6 Å². The molecule has 0 radical (unpaired) electrons. The molecule has 1 fully saturated rings. The number of para-hydroxylation sites is 1. The van der Waals surface area contributed by atoms with Crippen molar-refractivity contribution in [3.8, 4) is 5.75 Å². The molecule has 1 aromatic carbocycles. The number of rotatable bonds is 4. The van der Waals surface area contributed by atoms with Gasteiger partial charge in [-0.25, -0.2) is 8.78 Å². The highest BCUT2D eigenvalue weighted by atomic mass is 19.3. The maximum Gasteiger partial charge on any atom is 0.248 e. The first kappa shape index (κ1) is 12.3. The van der Waals surface area contributed by atoms with Crippen LogP contribution in [0.5, 0.6) is 5.75 Å². The van der Waals surface area contributed by atoms with Crippen LogP contribution in [0.15, 0.2) is 24.3 Å². The molecule has 17 heavy (non-hydrogen) atoms. The Labute approximate surface area is 99.2 Å². The van der Waals surface area contributed by atoms with Crippen LogP contribution in [0.25, 0.3) is 0 Å². The highest BCUT2D eigenvalue weighted by Crippen LogP contribution is 2.39. The van der Waals surface area contributed by atoms with Gasteiger partial charge in [-0.1, -0.05) is 18.2 Å². The van der Waals surface area contributed by atoms with Crippen molar-refractivity contribution in [3.63, 3.8) is 0 Å². The highest BCUT2D eigenvalue weighted by Gasteiger charge is 2.39. The molecular weight excluding hydrogens is 226 g/mol. The van der Waals surface area contributed by atoms with Crippen LogP contribution < -0.4 is 4.74 Å². The summed E-state index contributed by atoms with van der Waals surface area (Å²) in [5.41, 5.74) is 0.692. The molecule has 1 saturated carbocycles. The Balaban J connectivity index is 1.90. The third-order valence-electron chi connectivity index (χ3n) is 3.12. The van der Waals surface area contributed by atoms with E-state index in [-0.39, 0.29) is 25.4 Å². The van der Waals surface area contributed by atoms with E-state index in [0.717, 1.165) is 0 Å². The lowest BCUT2D eigenvalue weighted by atomic mass is 10.1. The van der Waals surface area contributed by atoms with E-state index >= 15 is 0 Å². The van der Waals surface area contributed by atoms with E-state index in [2.05, 4.69) is 0 Å². The van der Waals surface area contributed by atoms with Crippen molar-refractivity contribution in [1.29, 1.82) is 0 Å². The van der Waals surface area contributed by atoms with Crippen LogP contribution in [0, 0.1) is 5.92 Å². The molecular formula is C13H16F2O2. The van der Waals surface area contributed by atoms with Crippen LogP contribution in [0.4, 0.5) is 8.78 Å². The fraction of sp³-hybridized carbons (Fsp3) is 0.538. The number of hydrogen-bond acceptors (Lipinski definition) is 2. The molecule has 1 atom stereocenters. The molecule has 4 heteroatoms. The lowest BCUT2D eigenvalue weighted by Crippen LogP contribution is -2.14. The number of aliphatic hydroxyl groups is 1. The smallest absolute Gasteiger partial charge is 0.248 e. The van der Waals surface area contributed by atoms with Crippen molar-refractivity contribution in [3.05, 3.63) is 29.8 Å². The monoisotopic (exact) mass is 242 g/mol. The summed E-state index contributed by atoms with van der Waals surface area (Å²) in [5.74, 6) is -2.02. The van der Waals surface area contributed by atoms with Crippen molar-refractivity contribution in [2.45, 2.75) is 31.8 Å². The molecule has 0 heterocycles. The Morgan fingerprint density at radius 2 is 2.12 bits per heavy atom. The van der Waals surface area contributed by atoms with Crippen LogP contribution in [0.3, 0.4) is 0 Å². The first-order valence-electron chi connectivity index (χ1n) is 5.80. The van der Waals surface area contributed by atoms with E-state index in [1.165, 1.54) is 0 Å². The largest absolute Gasteiger partial charge is 0.493 e. The lowest BCUT2D eigenvalue weighted by molar-refractivity contribution is 0.00288. The Hall–Kier alpha value is -1.16. The average molecular weight is 242 g/mol. The zero-order valence-corrected chi connectivity index (χ0v) is 9.53. The fourth-order valence-electron chi connectivity index (χ4n) is 2.17. The number of benzene rings is 1. The summed E-state index contributed by atoms with van der Waals surface area (Å²) in [7, 11) is 0. The van der Waals surface area contributed by atoms with Crippen LogP contribution in [0.1, 0.15) is 24.8 Å². The van der Waals surface area contributed by atoms with Gasteiger partial charge in [-0.05, 0) is 18.4 Å². The Bertz CT molecular complexity index is 379. The quantitative estimate of drug-likeness (QED) is 0.879. The molecule has 2 rings (SSSR count). The number of halogens is 2. The minimum Gasteiger partial charge on any atom is -0.493 e. The van der Waals surface area contributed by atoms with Crippen molar-refractivity contribution >= 4 is 0 Å². The van der Waals surface area contributed by atoms with Gasteiger partial charge in [0, 0.05) is 18.4 Å². The molecule has 0 spiro atoms. The van der Waals surface area contributed by atoms with Gasteiger partial charge in [0.2, 0.25) is 5.92 Å². The summed E-state index contributed by atoms with van der Waals surface area (Å²) in [4.78, 5) is 0. The van der Waals surface area contributed by atoms with E-state index in [0.29, 0.717) is 24.3 Å². The second-order valence-electron chi connectivity index (χ2n) is 4.54. The third-order valence-corrected chi connectivity index (χ3v) is 3.12. The maximum atomic E-state index is 13.0. The molecule has 0 bridgehead atoms. The Kier molecular flexibility index (Phi) is 3.62. The molecule has 1 aliphatic rings. The van der Waals surface area contributed by atoms with Gasteiger partial charge in [-0.3, -0.25) is 0 Å². The number of hydrogen-bond donors (Lipinski definition) is 1. The lowest BCUT2D eigenvalue weighted by Gasteiger charge is -2.14. The minimum atomic E-state index is -2.52. The van der Waals surface area contributed by atoms with E-state index in [1.807, 2.05) is 6.07 Å². The minimum absolute atomic E-state index is 0.0390. The van der Waals surface area contributed by atoms with Gasteiger partial charge in [0.15, 0.2) is 0 Å². The van der Waals surface area contributed by atoms with E-state index < -0.39 is 5.92 Å². The highest BCUT2D eigenvalue weighted by molar-refractivity contribution is 5.32. The molecule has 0 aliphatic heterocycles. The zero-order valence-electron chi connectivity index (χ0n) is 9.53. The third kappa shape index (κ3) is 3.16. The second-order valence-corrected chi connectivity index (χ2v) is 4.54. The van der Waals surface area contributed by atoms with Crippen molar-refractivity contribution in [1.82, 2.24) is 0 Å². The van der Waals surface area contributed by atoms with Crippen molar-refractivity contribution in [2.24, 2.45) is 5.92 Å². The van der Waals surface area contributed by atoms with Gasteiger partial charge in [0.25, 0.3) is 0 Å². The van der Waals surface area contributed by atoms with Gasteiger partial charge in [0.1, 0.15) is 5.75 Å². The molecule has 1 aromatic rings. The van der Waals surface area contributed by atoms with Gasteiger partial charge in [0.05, 0.1) is 13.2 Å². The van der Waals surface area contributed by atoms with Crippen LogP contribution >= 0.6 is 0 Å². The first-order chi connectivity index (χ1) is 8.11. The topological polar surface area (TPSA) is 29.5 Å². The Morgan fingerprint density at radius 3 is 2.76 bits per heavy atom. The molecule has 1 aliphatic carbocycles. The molecule has 1 N–H and O–H groups in total. The van der Waals surface area contributed by atoms with Gasteiger partial charge < -0.3 is 9.84 Å². The van der Waals surface area contributed by atoms with E-state index in [1.54, 1.807) is 18.2 Å². The number of aliphatic hydroxyl groups excluding tert-OH is 1. The molecule has 0 saturated heterocycles. The van der Waals surface area contributed by atoms with Gasteiger partial charge in [-0.2, -0.15) is 0 Å². The summed E-state index contributed by atoms with van der Waals surface area (Å²) in [6, 6.07) is 7.12. The number of alkyl halides is 2. The molecule has 2 nitrogen and oxygen atoms in total. The van der Waals surface area contributed by atoms with E-state index in [9.17, 15) is 8.78 Å². The molecule has 0 aromatic heterocycles. The predicted molar refractivity (Wildman–Crippen MR) is 60.1 cm³/mol. The summed E-state index contributed by atoms with van der Waals surface area (Å²) in [6.07, 6.45) is 0.380. The van der Waals surface area contributed by atoms with Crippen molar-refractivity contribution in [2.75, 3.05) is 6.61 Å². The Morgan fingerprint density at radius 1 is 1.35 bits per heavy atom. The van der Waals surface area contributed by atoms with Crippen LogP contribution in [-0.2, 0) is 6.61 Å². The van der Waals surface area contributed by atoms with Gasteiger partial charge in [-0.15, -0.1) is 0 Å². The van der Waals surface area contributed by atoms with Gasteiger partial charge >= 0.3 is 0 Å². The average Bonchev–Trinajstić information content (AvgIpc) is 2.67. The summed E-state index contributed by atoms with van der Waals surface area (Å²) in [5, 5.41) is 9.09. The molecule has 1 unspecified atom stereocenters. The van der Waals surface area contributed by atoms with E-state index in [4.69, 9.17) is 9.84 Å². The second kappa shape index (κ2) is 5.00. The normalized spacial score (nSPS) is 22.6. The standard InChI is InChI=1S/C13H16F2O2/c14-13(15)6-5-10(7-13)9-17-12-4-2-1-3-11(12)8-16/h1-4,10,16H,5-9H2. The predicted octanol–water partition coefficient (Wildman–Crippen LogP) is 2.99. The SMILES string of the molecule is OCc1ccccc1OCC1CCC(F)(F)C1. The maximum absolute atomic E-state index is 13.0. The first-order valence-corrected chi connectivity index (χ1v) is 5.80. The molecule has 94 valence electrons. The summed E-state index contributed by atoms with van der Waals surface area (Å²) < 4.78 is 31.5.